The molecular weight excluding hydrogens is 822 g/mol. The second-order valence-corrected chi connectivity index (χ2v) is 14.4. The van der Waals surface area contributed by atoms with Gasteiger partial charge in [-0.05, 0) is 5.53 Å². The second-order valence-electron chi connectivity index (χ2n) is 14.4. The summed E-state index contributed by atoms with van der Waals surface area (Å²) in [5.41, 5.74) is 8.68. The van der Waals surface area contributed by atoms with Gasteiger partial charge in [0.15, 0.2) is 18.9 Å². The van der Waals surface area contributed by atoms with Gasteiger partial charge in [-0.3, -0.25) is 9.59 Å². The Morgan fingerprint density at radius 2 is 1.43 bits per heavy atom. The first-order valence-electron chi connectivity index (χ1n) is 18.6. The van der Waals surface area contributed by atoms with Gasteiger partial charge in [0.05, 0.1) is 45.2 Å². The van der Waals surface area contributed by atoms with Gasteiger partial charge in [-0.2, -0.15) is 0 Å². The molecular formula is C32H53N5O23. The van der Waals surface area contributed by atoms with E-state index in [1.807, 2.05) is 0 Å². The lowest BCUT2D eigenvalue weighted by molar-refractivity contribution is -0.389. The predicted octanol–water partition coefficient (Wildman–Crippen LogP) is -8.28. The van der Waals surface area contributed by atoms with Crippen molar-refractivity contribution in [3.05, 3.63) is 10.4 Å². The van der Waals surface area contributed by atoms with Gasteiger partial charge in [0.2, 0.25) is 11.8 Å². The Bertz CT molecular complexity index is 1480. The number of carboxylic acids is 1. The second kappa shape index (κ2) is 21.8. The lowest BCUT2D eigenvalue weighted by atomic mass is 9.88. The standard InChI is InChI=1S/C32H53N5O23/c1-10(41)35-17-12(43)5-32(31(51)52,59-25(17)20(47)13(44)6-38)60-27-21(48)15(7-39)55-30(23(27)50)57-24-16(8-40)56-28(53-4-3-34-37-33)18(36-11(2)42)26(24)58-29-22(49)19(46)14(45)9-54-29/h12-30,38-40,43-50H,3-9H2,1-2H3,(H,35,41)(H,36,42)(H,51,52)/t12-,13+,14+,15+,16+,17+,18+,19+,20+,21-,22-,23+,24+,25+,26+,27-,28+,29-,30-,32-/m0/s1. The maximum Gasteiger partial charge on any atom is 0.364 e. The van der Waals surface area contributed by atoms with Gasteiger partial charge < -0.3 is 110 Å². The number of aliphatic carboxylic acids is 1. The Balaban J connectivity index is 1.73. The molecule has 0 bridgehead atoms. The van der Waals surface area contributed by atoms with Crippen LogP contribution in [0.25, 0.3) is 10.4 Å². The fourth-order valence-electron chi connectivity index (χ4n) is 7.14. The zero-order valence-electron chi connectivity index (χ0n) is 32.1. The van der Waals surface area contributed by atoms with Crippen LogP contribution in [-0.4, -0.2) is 241 Å². The van der Waals surface area contributed by atoms with Crippen molar-refractivity contribution >= 4 is 17.8 Å². The van der Waals surface area contributed by atoms with E-state index in [-0.39, 0.29) is 13.2 Å². The van der Waals surface area contributed by atoms with Crippen LogP contribution in [0.3, 0.4) is 0 Å². The molecule has 60 heavy (non-hydrogen) atoms. The van der Waals surface area contributed by atoms with Crippen molar-refractivity contribution in [2.75, 3.05) is 39.6 Å². The van der Waals surface area contributed by atoms with Crippen molar-refractivity contribution in [2.24, 2.45) is 5.11 Å². The molecule has 4 aliphatic rings. The van der Waals surface area contributed by atoms with Gasteiger partial charge in [-0.1, -0.05) is 5.11 Å². The number of amides is 2. The van der Waals surface area contributed by atoms with E-state index < -0.39 is 173 Å². The molecule has 20 atom stereocenters. The summed E-state index contributed by atoms with van der Waals surface area (Å²) in [4.78, 5) is 40.0. The normalized spacial score (nSPS) is 42.0. The van der Waals surface area contributed by atoms with E-state index in [1.54, 1.807) is 0 Å². The van der Waals surface area contributed by atoms with E-state index in [0.717, 1.165) is 13.8 Å². The van der Waals surface area contributed by atoms with E-state index in [1.165, 1.54) is 0 Å². The highest BCUT2D eigenvalue weighted by Crippen LogP contribution is 2.39. The van der Waals surface area contributed by atoms with Crippen LogP contribution >= 0.6 is 0 Å². The highest BCUT2D eigenvalue weighted by atomic mass is 16.8. The molecule has 344 valence electrons. The molecule has 0 aromatic heterocycles. The highest BCUT2D eigenvalue weighted by molar-refractivity contribution is 5.76. The number of hydrogen-bond acceptors (Lipinski definition) is 23. The van der Waals surface area contributed by atoms with E-state index in [2.05, 4.69) is 20.7 Å². The largest absolute Gasteiger partial charge is 0.477 e. The summed E-state index contributed by atoms with van der Waals surface area (Å²) in [5, 5.41) is 135. The smallest absolute Gasteiger partial charge is 0.364 e. The Hall–Kier alpha value is -3.04. The summed E-state index contributed by atoms with van der Waals surface area (Å²) < 4.78 is 46.0. The average Bonchev–Trinajstić information content (AvgIpc) is 3.20. The van der Waals surface area contributed by atoms with Crippen LogP contribution in [0.1, 0.15) is 20.3 Å². The molecule has 14 N–H and O–H groups in total. The minimum absolute atomic E-state index is 0.241. The number of ether oxygens (including phenoxy) is 8. The molecule has 0 spiro atoms. The molecule has 2 amide bonds. The number of nitrogens with one attached hydrogen (secondary N) is 2. The maximum atomic E-state index is 12.9. The third kappa shape index (κ3) is 11.3. The zero-order valence-corrected chi connectivity index (χ0v) is 32.1. The Morgan fingerprint density at radius 3 is 2.02 bits per heavy atom. The first-order valence-corrected chi connectivity index (χ1v) is 18.6. The highest BCUT2D eigenvalue weighted by Gasteiger charge is 2.60. The molecule has 28 heteroatoms. The van der Waals surface area contributed by atoms with Gasteiger partial charge >= 0.3 is 5.97 Å². The van der Waals surface area contributed by atoms with Gasteiger partial charge in [0, 0.05) is 31.7 Å². The summed E-state index contributed by atoms with van der Waals surface area (Å²) in [7, 11) is 0. The zero-order chi connectivity index (χ0) is 44.6. The molecule has 4 fully saturated rings. The molecule has 0 saturated carbocycles. The van der Waals surface area contributed by atoms with E-state index in [9.17, 15) is 75.7 Å². The molecule has 4 rings (SSSR count). The molecule has 4 saturated heterocycles. The number of carbonyl (C=O) groups excluding carboxylic acids is 2. The van der Waals surface area contributed by atoms with E-state index >= 15 is 0 Å². The molecule has 0 aromatic carbocycles. The van der Waals surface area contributed by atoms with Crippen molar-refractivity contribution < 1.29 is 114 Å². The van der Waals surface area contributed by atoms with Crippen LogP contribution in [-0.2, 0) is 52.3 Å². The van der Waals surface area contributed by atoms with Crippen molar-refractivity contribution in [1.82, 2.24) is 10.6 Å². The Kier molecular flexibility index (Phi) is 18.1. The van der Waals surface area contributed by atoms with Gasteiger partial charge in [-0.25, -0.2) is 4.79 Å². The SMILES string of the molecule is CC(=O)N[C@H]1[C@H](OCCN=[N+]=[N-])O[C@H](CO)[C@@H](O[C@@H]2O[C@H](CO)[C@H](O)[C@H](O[C@]3(C(=O)O)C[C@H](O)[C@@H](NC(C)=O)[C@H]([C@H](O)[C@H](O)CO)O3)[C@H]2O)[C@@H]1O[C@@H]1OC[C@@H](O)[C@@H](O)[C@@H]1O. The van der Waals surface area contributed by atoms with Gasteiger partial charge in [0.25, 0.3) is 5.79 Å². The predicted molar refractivity (Wildman–Crippen MR) is 186 cm³/mol. The number of hydrogen-bond donors (Lipinski definition) is 14. The Labute approximate surface area is 339 Å². The summed E-state index contributed by atoms with van der Waals surface area (Å²) in [6, 6.07) is -3.12. The number of aliphatic hydroxyl groups excluding tert-OH is 11. The number of carboxylic acid groups (broad SMARTS) is 1. The third-order valence-electron chi connectivity index (χ3n) is 10.1. The van der Waals surface area contributed by atoms with Crippen LogP contribution in [0.2, 0.25) is 0 Å². The molecule has 0 aliphatic carbocycles. The van der Waals surface area contributed by atoms with Crippen molar-refractivity contribution in [3.8, 4) is 0 Å². The number of nitrogens with zero attached hydrogens (tertiary/aromatic N) is 3. The topological polar surface area (TPSA) is 441 Å². The number of aliphatic hydroxyl groups is 11. The fourth-order valence-corrected chi connectivity index (χ4v) is 7.14. The first-order chi connectivity index (χ1) is 28.3. The van der Waals surface area contributed by atoms with E-state index in [0.29, 0.717) is 0 Å². The summed E-state index contributed by atoms with van der Waals surface area (Å²) in [6.45, 7) is -2.15. The lowest BCUT2D eigenvalue weighted by Gasteiger charge is -2.51. The molecule has 4 heterocycles. The number of azide groups is 1. The molecule has 28 nitrogen and oxygen atoms in total. The molecule has 4 aliphatic heterocycles. The van der Waals surface area contributed by atoms with Crippen LogP contribution in [0.4, 0.5) is 0 Å². The first kappa shape index (κ1) is 49.6. The van der Waals surface area contributed by atoms with E-state index in [4.69, 9.17) is 43.4 Å². The quantitative estimate of drug-likeness (QED) is 0.0263. The summed E-state index contributed by atoms with van der Waals surface area (Å²) in [6.07, 6.45) is -33.6. The fraction of sp³-hybridized carbons (Fsp3) is 0.906. The van der Waals surface area contributed by atoms with Crippen LogP contribution in [0.15, 0.2) is 5.11 Å². The lowest BCUT2D eigenvalue weighted by Crippen LogP contribution is -2.71. The maximum absolute atomic E-state index is 12.9. The summed E-state index contributed by atoms with van der Waals surface area (Å²) >= 11 is 0. The van der Waals surface area contributed by atoms with Gasteiger partial charge in [0.1, 0.15) is 85.4 Å². The molecule has 0 unspecified atom stereocenters. The average molecular weight is 876 g/mol. The van der Waals surface area contributed by atoms with Crippen molar-refractivity contribution in [2.45, 2.75) is 142 Å². The summed E-state index contributed by atoms with van der Waals surface area (Å²) in [5.74, 6) is -6.69. The van der Waals surface area contributed by atoms with Gasteiger partial charge in [-0.15, -0.1) is 0 Å². The van der Waals surface area contributed by atoms with Crippen molar-refractivity contribution in [3.63, 3.8) is 0 Å². The Morgan fingerprint density at radius 1 is 0.817 bits per heavy atom. The molecule has 0 radical (unpaired) electrons. The third-order valence-corrected chi connectivity index (χ3v) is 10.1. The minimum Gasteiger partial charge on any atom is -0.477 e. The minimum atomic E-state index is -3.13. The number of rotatable bonds is 18. The monoisotopic (exact) mass is 875 g/mol. The van der Waals surface area contributed by atoms with Crippen LogP contribution in [0, 0.1) is 0 Å². The van der Waals surface area contributed by atoms with Crippen LogP contribution in [0.5, 0.6) is 0 Å². The van der Waals surface area contributed by atoms with Crippen LogP contribution < -0.4 is 10.6 Å². The number of carbonyl (C=O) groups is 3. The van der Waals surface area contributed by atoms with Crippen molar-refractivity contribution in [1.29, 1.82) is 0 Å². The molecule has 0 aromatic rings.